The highest BCUT2D eigenvalue weighted by molar-refractivity contribution is 5.76. The first-order valence-corrected chi connectivity index (χ1v) is 8.42. The normalized spacial score (nSPS) is 16.0. The van der Waals surface area contributed by atoms with Crippen LogP contribution in [0.25, 0.3) is 5.78 Å². The molecule has 9 heteroatoms. The summed E-state index contributed by atoms with van der Waals surface area (Å²) in [6, 6.07) is 0. The number of hydrogen-bond acceptors (Lipinski definition) is 5. The van der Waals surface area contributed by atoms with Crippen LogP contribution < -0.4 is 10.2 Å². The van der Waals surface area contributed by atoms with Crippen LogP contribution in [0.15, 0.2) is 6.33 Å². The summed E-state index contributed by atoms with van der Waals surface area (Å²) in [6.07, 6.45) is 0.949. The van der Waals surface area contributed by atoms with Crippen molar-refractivity contribution in [2.45, 2.75) is 39.5 Å². The van der Waals surface area contributed by atoms with E-state index >= 15 is 0 Å². The van der Waals surface area contributed by atoms with Gasteiger partial charge in [-0.2, -0.15) is 14.6 Å². The number of halogens is 2. The molecule has 2 aromatic heterocycles. The molecule has 7 nitrogen and oxygen atoms in total. The quantitative estimate of drug-likeness (QED) is 0.887. The SMILES string of the molecule is Cc1nc2ncnn2c(N2CCC(CC(=O)NCC(F)F)CC2)c1C. The first-order chi connectivity index (χ1) is 12.0. The van der Waals surface area contributed by atoms with E-state index in [0.29, 0.717) is 12.2 Å². The molecule has 1 aliphatic heterocycles. The van der Waals surface area contributed by atoms with Gasteiger partial charge in [-0.05, 0) is 32.6 Å². The van der Waals surface area contributed by atoms with Crippen LogP contribution >= 0.6 is 0 Å². The van der Waals surface area contributed by atoms with Crippen LogP contribution in [0.2, 0.25) is 0 Å². The summed E-state index contributed by atoms with van der Waals surface area (Å²) < 4.78 is 26.0. The molecule has 136 valence electrons. The third-order valence-electron chi connectivity index (χ3n) is 4.72. The molecule has 0 saturated carbocycles. The van der Waals surface area contributed by atoms with E-state index in [1.165, 1.54) is 6.33 Å². The van der Waals surface area contributed by atoms with E-state index < -0.39 is 13.0 Å². The molecule has 0 atom stereocenters. The number of nitrogens with zero attached hydrogens (tertiary/aromatic N) is 5. The first-order valence-electron chi connectivity index (χ1n) is 8.42. The lowest BCUT2D eigenvalue weighted by molar-refractivity contribution is -0.122. The molecule has 25 heavy (non-hydrogen) atoms. The maximum Gasteiger partial charge on any atom is 0.255 e. The smallest absolute Gasteiger partial charge is 0.255 e. The molecular weight excluding hydrogens is 330 g/mol. The fourth-order valence-electron chi connectivity index (χ4n) is 3.26. The number of fused-ring (bicyclic) bond motifs is 1. The van der Waals surface area contributed by atoms with E-state index in [9.17, 15) is 13.6 Å². The van der Waals surface area contributed by atoms with E-state index in [1.54, 1.807) is 4.52 Å². The Hall–Kier alpha value is -2.32. The number of rotatable bonds is 5. The average molecular weight is 352 g/mol. The van der Waals surface area contributed by atoms with Crippen LogP contribution in [-0.4, -0.2) is 51.5 Å². The third kappa shape index (κ3) is 3.85. The number of alkyl halides is 2. The highest BCUT2D eigenvalue weighted by atomic mass is 19.3. The van der Waals surface area contributed by atoms with Gasteiger partial charge in [0.25, 0.3) is 12.2 Å². The van der Waals surface area contributed by atoms with E-state index in [-0.39, 0.29) is 11.8 Å². The molecule has 1 N–H and O–H groups in total. The van der Waals surface area contributed by atoms with Crippen LogP contribution in [0, 0.1) is 19.8 Å². The van der Waals surface area contributed by atoms with Gasteiger partial charge in [0, 0.05) is 30.8 Å². The molecule has 0 bridgehead atoms. The number of aryl methyl sites for hydroxylation is 1. The Morgan fingerprint density at radius 3 is 2.76 bits per heavy atom. The van der Waals surface area contributed by atoms with Gasteiger partial charge in [0.2, 0.25) is 5.91 Å². The third-order valence-corrected chi connectivity index (χ3v) is 4.72. The predicted molar refractivity (Wildman–Crippen MR) is 88.8 cm³/mol. The zero-order valence-electron chi connectivity index (χ0n) is 14.4. The molecule has 1 aliphatic rings. The summed E-state index contributed by atoms with van der Waals surface area (Å²) in [7, 11) is 0. The average Bonchev–Trinajstić information content (AvgIpc) is 3.03. The molecule has 1 fully saturated rings. The van der Waals surface area contributed by atoms with Crippen molar-refractivity contribution in [2.24, 2.45) is 5.92 Å². The van der Waals surface area contributed by atoms with Crippen LogP contribution in [0.5, 0.6) is 0 Å². The zero-order chi connectivity index (χ0) is 18.0. The fourth-order valence-corrected chi connectivity index (χ4v) is 3.26. The molecule has 2 aromatic rings. The number of aromatic nitrogens is 4. The number of nitrogens with one attached hydrogen (secondary N) is 1. The zero-order valence-corrected chi connectivity index (χ0v) is 14.4. The fraction of sp³-hybridized carbons (Fsp3) is 0.625. The Kier molecular flexibility index (Phi) is 5.10. The molecule has 0 radical (unpaired) electrons. The van der Waals surface area contributed by atoms with Gasteiger partial charge in [-0.3, -0.25) is 4.79 Å². The van der Waals surface area contributed by atoms with Crippen molar-refractivity contribution in [1.82, 2.24) is 24.9 Å². The lowest BCUT2D eigenvalue weighted by Gasteiger charge is -2.34. The van der Waals surface area contributed by atoms with Crippen LogP contribution in [0.1, 0.15) is 30.5 Å². The Morgan fingerprint density at radius 1 is 1.36 bits per heavy atom. The summed E-state index contributed by atoms with van der Waals surface area (Å²) >= 11 is 0. The van der Waals surface area contributed by atoms with Gasteiger partial charge in [0.1, 0.15) is 12.1 Å². The van der Waals surface area contributed by atoms with Crippen molar-refractivity contribution >= 4 is 17.5 Å². The molecule has 1 saturated heterocycles. The van der Waals surface area contributed by atoms with Crippen LogP contribution in [0.3, 0.4) is 0 Å². The number of amides is 1. The van der Waals surface area contributed by atoms with Crippen molar-refractivity contribution in [2.75, 3.05) is 24.5 Å². The van der Waals surface area contributed by atoms with Gasteiger partial charge >= 0.3 is 0 Å². The molecule has 0 aromatic carbocycles. The van der Waals surface area contributed by atoms with Crippen LogP contribution in [-0.2, 0) is 4.79 Å². The number of carbonyl (C=O) groups is 1. The Balaban J connectivity index is 1.64. The van der Waals surface area contributed by atoms with Gasteiger partial charge in [-0.15, -0.1) is 0 Å². The summed E-state index contributed by atoms with van der Waals surface area (Å²) in [4.78, 5) is 22.5. The Labute approximate surface area is 144 Å². The van der Waals surface area contributed by atoms with E-state index in [4.69, 9.17) is 0 Å². The van der Waals surface area contributed by atoms with Gasteiger partial charge in [-0.25, -0.2) is 13.8 Å². The van der Waals surface area contributed by atoms with Crippen molar-refractivity contribution in [3.63, 3.8) is 0 Å². The predicted octanol–water partition coefficient (Wildman–Crippen LogP) is 1.73. The summed E-state index contributed by atoms with van der Waals surface area (Å²) in [5.41, 5.74) is 1.98. The van der Waals surface area contributed by atoms with Gasteiger partial charge < -0.3 is 10.2 Å². The number of carbonyl (C=O) groups excluding carboxylic acids is 1. The lowest BCUT2D eigenvalue weighted by atomic mass is 9.93. The van der Waals surface area contributed by atoms with Crippen molar-refractivity contribution < 1.29 is 13.6 Å². The molecule has 0 spiro atoms. The highest BCUT2D eigenvalue weighted by Gasteiger charge is 2.25. The lowest BCUT2D eigenvalue weighted by Crippen LogP contribution is -2.38. The minimum absolute atomic E-state index is 0.211. The van der Waals surface area contributed by atoms with E-state index in [2.05, 4.69) is 25.3 Å². The van der Waals surface area contributed by atoms with Crippen molar-refractivity contribution in [3.8, 4) is 0 Å². The number of hydrogen-bond donors (Lipinski definition) is 1. The molecule has 0 unspecified atom stereocenters. The van der Waals surface area contributed by atoms with Gasteiger partial charge in [0.05, 0.1) is 6.54 Å². The summed E-state index contributed by atoms with van der Waals surface area (Å²) in [5, 5.41) is 6.55. The minimum atomic E-state index is -2.51. The van der Waals surface area contributed by atoms with Crippen molar-refractivity contribution in [1.29, 1.82) is 0 Å². The maximum absolute atomic E-state index is 12.1. The highest BCUT2D eigenvalue weighted by Crippen LogP contribution is 2.28. The van der Waals surface area contributed by atoms with Crippen molar-refractivity contribution in [3.05, 3.63) is 17.6 Å². The molecule has 3 heterocycles. The largest absolute Gasteiger partial charge is 0.356 e. The van der Waals surface area contributed by atoms with Gasteiger partial charge in [0.15, 0.2) is 0 Å². The minimum Gasteiger partial charge on any atom is -0.356 e. The topological polar surface area (TPSA) is 75.4 Å². The number of piperidine rings is 1. The summed E-state index contributed by atoms with van der Waals surface area (Å²) in [6.45, 7) is 4.96. The number of anilines is 1. The molecular formula is C16H22F2N6O. The first kappa shape index (κ1) is 17.5. The second-order valence-electron chi connectivity index (χ2n) is 6.45. The maximum atomic E-state index is 12.1. The van der Waals surface area contributed by atoms with Crippen LogP contribution in [0.4, 0.5) is 14.6 Å². The second kappa shape index (κ2) is 7.28. The standard InChI is InChI=1S/C16H22F2N6O/c1-10-11(2)22-16-20-9-21-24(16)15(10)23-5-3-12(4-6-23)7-14(25)19-8-13(17)18/h9,12-13H,3-8H2,1-2H3,(H,19,25). The summed E-state index contributed by atoms with van der Waals surface area (Å²) in [5.74, 6) is 1.48. The van der Waals surface area contributed by atoms with E-state index in [0.717, 1.165) is 43.0 Å². The molecule has 1 amide bonds. The molecule has 0 aliphatic carbocycles. The van der Waals surface area contributed by atoms with E-state index in [1.807, 2.05) is 13.8 Å². The monoisotopic (exact) mass is 352 g/mol. The van der Waals surface area contributed by atoms with Gasteiger partial charge in [-0.1, -0.05) is 0 Å². The Morgan fingerprint density at radius 2 is 2.08 bits per heavy atom. The Bertz CT molecular complexity index is 754. The second-order valence-corrected chi connectivity index (χ2v) is 6.45. The molecule has 3 rings (SSSR count).